The number of hydrogen-bond donors (Lipinski definition) is 1. The molecule has 0 fully saturated rings. The number of rotatable bonds is 3. The Morgan fingerprint density at radius 2 is 2.23 bits per heavy atom. The SMILES string of the molecule is CN(C)Cc1ccc2c(c1)CCN(C(=O)c1cnn3c1OCC(O)C3)C2. The van der Waals surface area contributed by atoms with Crippen molar-refractivity contribution in [3.8, 4) is 5.88 Å². The van der Waals surface area contributed by atoms with Gasteiger partial charge >= 0.3 is 0 Å². The molecule has 1 atom stereocenters. The molecule has 7 heteroatoms. The molecular weight excluding hydrogens is 332 g/mol. The van der Waals surface area contributed by atoms with Gasteiger partial charge in [-0.25, -0.2) is 4.68 Å². The van der Waals surface area contributed by atoms with Gasteiger partial charge in [0.1, 0.15) is 18.3 Å². The molecule has 0 saturated carbocycles. The first-order chi connectivity index (χ1) is 12.5. The maximum absolute atomic E-state index is 13.0. The first kappa shape index (κ1) is 17.1. The summed E-state index contributed by atoms with van der Waals surface area (Å²) < 4.78 is 7.10. The van der Waals surface area contributed by atoms with E-state index in [1.54, 1.807) is 10.9 Å². The van der Waals surface area contributed by atoms with Crippen LogP contribution < -0.4 is 4.74 Å². The summed E-state index contributed by atoms with van der Waals surface area (Å²) in [6.07, 6.45) is 1.82. The summed E-state index contributed by atoms with van der Waals surface area (Å²) in [7, 11) is 4.13. The second-order valence-electron chi connectivity index (χ2n) is 7.33. The number of aliphatic hydroxyl groups is 1. The minimum Gasteiger partial charge on any atom is -0.474 e. The van der Waals surface area contributed by atoms with E-state index in [2.05, 4.69) is 42.3 Å². The summed E-state index contributed by atoms with van der Waals surface area (Å²) in [5.41, 5.74) is 4.30. The maximum Gasteiger partial charge on any atom is 0.261 e. The van der Waals surface area contributed by atoms with Crippen LogP contribution in [-0.2, 0) is 26.1 Å². The van der Waals surface area contributed by atoms with Crippen LogP contribution in [0.4, 0.5) is 0 Å². The number of amides is 1. The maximum atomic E-state index is 13.0. The lowest BCUT2D eigenvalue weighted by Gasteiger charge is -2.30. The molecule has 0 saturated heterocycles. The fourth-order valence-corrected chi connectivity index (χ4v) is 3.64. The van der Waals surface area contributed by atoms with Crippen molar-refractivity contribution >= 4 is 5.91 Å². The molecule has 2 aliphatic heterocycles. The van der Waals surface area contributed by atoms with Crippen molar-refractivity contribution in [2.45, 2.75) is 32.2 Å². The van der Waals surface area contributed by atoms with Gasteiger partial charge in [-0.2, -0.15) is 5.10 Å². The molecule has 2 aromatic rings. The highest BCUT2D eigenvalue weighted by molar-refractivity contribution is 5.96. The van der Waals surface area contributed by atoms with Crippen molar-refractivity contribution in [3.63, 3.8) is 0 Å². The lowest BCUT2D eigenvalue weighted by molar-refractivity contribution is 0.0528. The number of hydrogen-bond acceptors (Lipinski definition) is 5. The Morgan fingerprint density at radius 3 is 3.04 bits per heavy atom. The Balaban J connectivity index is 1.51. The fraction of sp³-hybridized carbons (Fsp3) is 0.474. The Bertz CT molecular complexity index is 830. The average molecular weight is 356 g/mol. The molecule has 7 nitrogen and oxygen atoms in total. The molecule has 26 heavy (non-hydrogen) atoms. The number of fused-ring (bicyclic) bond motifs is 2. The van der Waals surface area contributed by atoms with Crippen molar-refractivity contribution in [2.24, 2.45) is 0 Å². The van der Waals surface area contributed by atoms with Gasteiger partial charge in [-0.05, 0) is 37.2 Å². The van der Waals surface area contributed by atoms with E-state index in [0.29, 0.717) is 31.1 Å². The van der Waals surface area contributed by atoms with Crippen LogP contribution in [0, 0.1) is 0 Å². The molecule has 0 aliphatic carbocycles. The lowest BCUT2D eigenvalue weighted by atomic mass is 9.96. The number of carbonyl (C=O) groups excluding carboxylic acids is 1. The van der Waals surface area contributed by atoms with E-state index >= 15 is 0 Å². The second kappa shape index (κ2) is 6.74. The third kappa shape index (κ3) is 3.20. The van der Waals surface area contributed by atoms with Crippen molar-refractivity contribution < 1.29 is 14.6 Å². The van der Waals surface area contributed by atoms with Crippen LogP contribution in [0.1, 0.15) is 27.0 Å². The molecule has 138 valence electrons. The summed E-state index contributed by atoms with van der Waals surface area (Å²) in [6.45, 7) is 2.76. The zero-order chi connectivity index (χ0) is 18.3. The summed E-state index contributed by atoms with van der Waals surface area (Å²) in [4.78, 5) is 17.0. The third-order valence-electron chi connectivity index (χ3n) is 4.89. The van der Waals surface area contributed by atoms with Crippen LogP contribution in [0.2, 0.25) is 0 Å². The van der Waals surface area contributed by atoms with E-state index in [9.17, 15) is 9.90 Å². The summed E-state index contributed by atoms with van der Waals surface area (Å²) >= 11 is 0. The molecule has 0 bridgehead atoms. The van der Waals surface area contributed by atoms with Crippen LogP contribution >= 0.6 is 0 Å². The Kier molecular flexibility index (Phi) is 4.42. The van der Waals surface area contributed by atoms with Gasteiger partial charge in [0.2, 0.25) is 5.88 Å². The molecule has 4 rings (SSSR count). The van der Waals surface area contributed by atoms with Gasteiger partial charge in [0.15, 0.2) is 0 Å². The average Bonchev–Trinajstić information content (AvgIpc) is 3.03. The third-order valence-corrected chi connectivity index (χ3v) is 4.89. The van der Waals surface area contributed by atoms with Crippen LogP contribution in [0.5, 0.6) is 5.88 Å². The monoisotopic (exact) mass is 356 g/mol. The number of aliphatic hydroxyl groups excluding tert-OH is 1. The zero-order valence-electron chi connectivity index (χ0n) is 15.2. The number of carbonyl (C=O) groups is 1. The van der Waals surface area contributed by atoms with E-state index in [1.807, 2.05) is 4.90 Å². The van der Waals surface area contributed by atoms with E-state index < -0.39 is 6.10 Å². The standard InChI is InChI=1S/C19H24N4O3/c1-21(2)9-13-3-4-15-10-22(6-5-14(15)7-13)18(25)17-8-20-23-11-16(24)12-26-19(17)23/h3-4,7-8,16,24H,5-6,9-12H2,1-2H3. The van der Waals surface area contributed by atoms with E-state index in [0.717, 1.165) is 13.0 Å². The molecule has 1 aromatic heterocycles. The molecule has 1 N–H and O–H groups in total. The van der Waals surface area contributed by atoms with Crippen molar-refractivity contribution in [1.29, 1.82) is 0 Å². The van der Waals surface area contributed by atoms with Gasteiger partial charge in [-0.1, -0.05) is 18.2 Å². The quantitative estimate of drug-likeness (QED) is 0.885. The molecule has 2 aliphatic rings. The van der Waals surface area contributed by atoms with Crippen molar-refractivity contribution in [1.82, 2.24) is 19.6 Å². The molecule has 1 unspecified atom stereocenters. The largest absolute Gasteiger partial charge is 0.474 e. The Labute approximate surface area is 152 Å². The van der Waals surface area contributed by atoms with Gasteiger partial charge in [-0.3, -0.25) is 4.79 Å². The minimum atomic E-state index is -0.580. The lowest BCUT2D eigenvalue weighted by Crippen LogP contribution is -2.37. The van der Waals surface area contributed by atoms with Crippen LogP contribution in [0.15, 0.2) is 24.4 Å². The van der Waals surface area contributed by atoms with E-state index in [-0.39, 0.29) is 12.5 Å². The highest BCUT2D eigenvalue weighted by atomic mass is 16.5. The molecule has 0 spiro atoms. The molecule has 0 radical (unpaired) electrons. The number of aromatic nitrogens is 2. The molecule has 1 amide bonds. The predicted octanol–water partition coefficient (Wildman–Crippen LogP) is 0.896. The molecule has 1 aromatic carbocycles. The Morgan fingerprint density at radius 1 is 1.38 bits per heavy atom. The van der Waals surface area contributed by atoms with Gasteiger partial charge < -0.3 is 19.6 Å². The first-order valence-corrected chi connectivity index (χ1v) is 8.92. The second-order valence-corrected chi connectivity index (χ2v) is 7.33. The summed E-state index contributed by atoms with van der Waals surface area (Å²) in [5, 5.41) is 13.8. The van der Waals surface area contributed by atoms with Gasteiger partial charge in [0.05, 0.1) is 12.7 Å². The summed E-state index contributed by atoms with van der Waals surface area (Å²) in [6, 6.07) is 6.52. The van der Waals surface area contributed by atoms with Crippen molar-refractivity contribution in [2.75, 3.05) is 27.2 Å². The van der Waals surface area contributed by atoms with Gasteiger partial charge in [-0.15, -0.1) is 0 Å². The fourth-order valence-electron chi connectivity index (χ4n) is 3.64. The highest BCUT2D eigenvalue weighted by Crippen LogP contribution is 2.27. The van der Waals surface area contributed by atoms with E-state index in [1.165, 1.54) is 16.7 Å². The summed E-state index contributed by atoms with van der Waals surface area (Å²) in [5.74, 6) is 0.401. The van der Waals surface area contributed by atoms with Crippen LogP contribution in [0.25, 0.3) is 0 Å². The van der Waals surface area contributed by atoms with Crippen molar-refractivity contribution in [3.05, 3.63) is 46.6 Å². The van der Waals surface area contributed by atoms with Crippen LogP contribution in [0.3, 0.4) is 0 Å². The van der Waals surface area contributed by atoms with E-state index in [4.69, 9.17) is 4.74 Å². The molecular formula is C19H24N4O3. The minimum absolute atomic E-state index is 0.0642. The van der Waals surface area contributed by atoms with Gasteiger partial charge in [0, 0.05) is 19.6 Å². The highest BCUT2D eigenvalue weighted by Gasteiger charge is 2.29. The topological polar surface area (TPSA) is 70.8 Å². The van der Waals surface area contributed by atoms with Crippen LogP contribution in [-0.4, -0.2) is 63.9 Å². The normalized spacial score (nSPS) is 19.1. The zero-order valence-corrected chi connectivity index (χ0v) is 15.2. The predicted molar refractivity (Wildman–Crippen MR) is 96.0 cm³/mol. The number of nitrogens with zero attached hydrogens (tertiary/aromatic N) is 4. The first-order valence-electron chi connectivity index (χ1n) is 8.92. The Hall–Kier alpha value is -2.38. The van der Waals surface area contributed by atoms with Gasteiger partial charge in [0.25, 0.3) is 5.91 Å². The molecule has 3 heterocycles. The number of ether oxygens (including phenoxy) is 1. The number of benzene rings is 1. The smallest absolute Gasteiger partial charge is 0.261 e.